The number of aliphatic imine (C=N–C) groups is 1. The summed E-state index contributed by atoms with van der Waals surface area (Å²) in [7, 11) is 1.85. The van der Waals surface area contributed by atoms with Crippen LogP contribution >= 0.6 is 11.3 Å². The number of nitrogens with one attached hydrogen (secondary N) is 1. The minimum Gasteiger partial charge on any atom is -0.350 e. The maximum Gasteiger partial charge on any atom is 0.193 e. The smallest absolute Gasteiger partial charge is 0.193 e. The molecule has 0 unspecified atom stereocenters. The van der Waals surface area contributed by atoms with Crippen LogP contribution in [0.1, 0.15) is 29.7 Å². The van der Waals surface area contributed by atoms with Crippen molar-refractivity contribution in [2.24, 2.45) is 4.99 Å². The first kappa shape index (κ1) is 12.4. The van der Waals surface area contributed by atoms with Crippen LogP contribution in [0.25, 0.3) is 0 Å². The van der Waals surface area contributed by atoms with E-state index in [1.54, 1.807) is 11.3 Å². The van der Waals surface area contributed by atoms with E-state index in [2.05, 4.69) is 27.1 Å². The molecule has 0 amide bonds. The standard InChI is InChI=1S/C12H20N4S/c1-3-10-8-14-11(17-10)9-15-12(13-2)16-6-4-5-7-16/h8H,3-7,9H2,1-2H3,(H,13,15). The minimum atomic E-state index is 0.786. The summed E-state index contributed by atoms with van der Waals surface area (Å²) in [4.78, 5) is 12.4. The molecule has 1 aromatic rings. The second kappa shape index (κ2) is 6.00. The minimum absolute atomic E-state index is 0.786. The lowest BCUT2D eigenvalue weighted by atomic mass is 10.4. The summed E-state index contributed by atoms with van der Waals surface area (Å²) >= 11 is 1.78. The molecule has 1 aliphatic heterocycles. The first-order chi connectivity index (χ1) is 8.33. The third-order valence-electron chi connectivity index (χ3n) is 2.97. The fourth-order valence-corrected chi connectivity index (χ4v) is 2.81. The van der Waals surface area contributed by atoms with Crippen LogP contribution in [0, 0.1) is 0 Å². The van der Waals surface area contributed by atoms with E-state index in [-0.39, 0.29) is 0 Å². The lowest BCUT2D eigenvalue weighted by molar-refractivity contribution is 0.493. The highest BCUT2D eigenvalue weighted by atomic mass is 32.1. The number of guanidine groups is 1. The molecule has 2 rings (SSSR count). The SMILES string of the molecule is CCc1cnc(CNC(=NC)N2CCCC2)s1. The third-order valence-corrected chi connectivity index (χ3v) is 4.11. The van der Waals surface area contributed by atoms with Crippen molar-refractivity contribution in [3.8, 4) is 0 Å². The highest BCUT2D eigenvalue weighted by molar-refractivity contribution is 7.11. The van der Waals surface area contributed by atoms with Crippen LogP contribution in [0.15, 0.2) is 11.2 Å². The molecule has 94 valence electrons. The lowest BCUT2D eigenvalue weighted by Gasteiger charge is -2.20. The van der Waals surface area contributed by atoms with Crippen LogP contribution in [-0.4, -0.2) is 36.0 Å². The number of rotatable bonds is 3. The van der Waals surface area contributed by atoms with Gasteiger partial charge in [0.2, 0.25) is 0 Å². The summed E-state index contributed by atoms with van der Waals surface area (Å²) in [6, 6.07) is 0. The molecule has 1 aliphatic rings. The molecule has 0 saturated carbocycles. The van der Waals surface area contributed by atoms with Gasteiger partial charge in [-0.15, -0.1) is 11.3 Å². The number of likely N-dealkylation sites (tertiary alicyclic amines) is 1. The van der Waals surface area contributed by atoms with E-state index in [0.29, 0.717) is 0 Å². The van der Waals surface area contributed by atoms with Crippen molar-refractivity contribution in [1.82, 2.24) is 15.2 Å². The Hall–Kier alpha value is -1.10. The fraction of sp³-hybridized carbons (Fsp3) is 0.667. The monoisotopic (exact) mass is 252 g/mol. The van der Waals surface area contributed by atoms with Gasteiger partial charge in [0.25, 0.3) is 0 Å². The van der Waals surface area contributed by atoms with Crippen LogP contribution < -0.4 is 5.32 Å². The molecule has 5 heteroatoms. The van der Waals surface area contributed by atoms with E-state index < -0.39 is 0 Å². The Labute approximate surface area is 107 Å². The molecule has 0 atom stereocenters. The summed E-state index contributed by atoms with van der Waals surface area (Å²) in [5.41, 5.74) is 0. The second-order valence-corrected chi connectivity index (χ2v) is 5.37. The van der Waals surface area contributed by atoms with Crippen molar-refractivity contribution in [2.75, 3.05) is 20.1 Å². The molecular weight excluding hydrogens is 232 g/mol. The van der Waals surface area contributed by atoms with Gasteiger partial charge in [-0.3, -0.25) is 4.99 Å². The predicted molar refractivity (Wildman–Crippen MR) is 72.5 cm³/mol. The summed E-state index contributed by atoms with van der Waals surface area (Å²) in [6.45, 7) is 5.19. The molecule has 1 saturated heterocycles. The predicted octanol–water partition coefficient (Wildman–Crippen LogP) is 1.88. The molecule has 0 aromatic carbocycles. The van der Waals surface area contributed by atoms with Crippen LogP contribution in [0.2, 0.25) is 0 Å². The van der Waals surface area contributed by atoms with Crippen molar-refractivity contribution in [1.29, 1.82) is 0 Å². The summed E-state index contributed by atoms with van der Waals surface area (Å²) in [5.74, 6) is 1.01. The van der Waals surface area contributed by atoms with Gasteiger partial charge in [-0.05, 0) is 19.3 Å². The second-order valence-electron chi connectivity index (χ2n) is 4.17. The van der Waals surface area contributed by atoms with Gasteiger partial charge in [-0.25, -0.2) is 4.98 Å². The molecule has 0 bridgehead atoms. The van der Waals surface area contributed by atoms with E-state index in [0.717, 1.165) is 37.0 Å². The van der Waals surface area contributed by atoms with Crippen LogP contribution in [0.5, 0.6) is 0 Å². The zero-order chi connectivity index (χ0) is 12.1. The Kier molecular flexibility index (Phi) is 4.36. The summed E-state index contributed by atoms with van der Waals surface area (Å²) < 4.78 is 0. The topological polar surface area (TPSA) is 40.5 Å². The van der Waals surface area contributed by atoms with Gasteiger partial charge in [0.1, 0.15) is 5.01 Å². The van der Waals surface area contributed by atoms with Gasteiger partial charge < -0.3 is 10.2 Å². The molecule has 0 aliphatic carbocycles. The fourth-order valence-electron chi connectivity index (χ4n) is 2.01. The molecule has 17 heavy (non-hydrogen) atoms. The Morgan fingerprint density at radius 1 is 1.53 bits per heavy atom. The lowest BCUT2D eigenvalue weighted by Crippen LogP contribution is -2.39. The molecule has 1 N–H and O–H groups in total. The number of hydrogen-bond donors (Lipinski definition) is 1. The van der Waals surface area contributed by atoms with Crippen molar-refractivity contribution in [2.45, 2.75) is 32.7 Å². The van der Waals surface area contributed by atoms with E-state index in [9.17, 15) is 0 Å². The van der Waals surface area contributed by atoms with Gasteiger partial charge in [0.05, 0.1) is 6.54 Å². The number of thiazole rings is 1. The maximum atomic E-state index is 4.40. The van der Waals surface area contributed by atoms with Gasteiger partial charge >= 0.3 is 0 Å². The maximum absolute atomic E-state index is 4.40. The van der Waals surface area contributed by atoms with Crippen molar-refractivity contribution in [3.05, 3.63) is 16.1 Å². The average Bonchev–Trinajstić information content (AvgIpc) is 3.00. The Balaban J connectivity index is 1.87. The highest BCUT2D eigenvalue weighted by Gasteiger charge is 2.15. The Morgan fingerprint density at radius 3 is 2.88 bits per heavy atom. The number of nitrogens with zero attached hydrogens (tertiary/aromatic N) is 3. The molecule has 0 radical (unpaired) electrons. The van der Waals surface area contributed by atoms with E-state index in [1.807, 2.05) is 13.2 Å². The molecule has 2 heterocycles. The van der Waals surface area contributed by atoms with Crippen molar-refractivity contribution >= 4 is 17.3 Å². The van der Waals surface area contributed by atoms with E-state index in [4.69, 9.17) is 0 Å². The van der Waals surface area contributed by atoms with E-state index >= 15 is 0 Å². The van der Waals surface area contributed by atoms with Gasteiger partial charge in [0, 0.05) is 31.2 Å². The number of aryl methyl sites for hydroxylation is 1. The quantitative estimate of drug-likeness (QED) is 0.659. The van der Waals surface area contributed by atoms with Gasteiger partial charge in [-0.2, -0.15) is 0 Å². The summed E-state index contributed by atoms with van der Waals surface area (Å²) in [6.07, 6.45) is 5.59. The molecule has 1 aromatic heterocycles. The first-order valence-corrected chi connectivity index (χ1v) is 7.04. The number of aromatic nitrogens is 1. The van der Waals surface area contributed by atoms with E-state index in [1.165, 1.54) is 17.7 Å². The van der Waals surface area contributed by atoms with Crippen molar-refractivity contribution < 1.29 is 0 Å². The molecular formula is C12H20N4S. The van der Waals surface area contributed by atoms with Gasteiger partial charge in [-0.1, -0.05) is 6.92 Å². The van der Waals surface area contributed by atoms with Crippen LogP contribution in [-0.2, 0) is 13.0 Å². The largest absolute Gasteiger partial charge is 0.350 e. The molecule has 4 nitrogen and oxygen atoms in total. The van der Waals surface area contributed by atoms with Crippen molar-refractivity contribution in [3.63, 3.8) is 0 Å². The zero-order valence-corrected chi connectivity index (χ0v) is 11.4. The normalized spacial score (nSPS) is 16.6. The highest BCUT2D eigenvalue weighted by Crippen LogP contribution is 2.13. The third kappa shape index (κ3) is 3.19. The Bertz CT molecular complexity index is 380. The molecule has 1 fully saturated rings. The van der Waals surface area contributed by atoms with Gasteiger partial charge in [0.15, 0.2) is 5.96 Å². The number of hydrogen-bond acceptors (Lipinski definition) is 3. The zero-order valence-electron chi connectivity index (χ0n) is 10.6. The summed E-state index contributed by atoms with van der Waals surface area (Å²) in [5, 5.41) is 4.53. The molecule has 0 spiro atoms. The Morgan fingerprint density at radius 2 is 2.29 bits per heavy atom. The first-order valence-electron chi connectivity index (χ1n) is 6.22. The average molecular weight is 252 g/mol. The van der Waals surface area contributed by atoms with Crippen LogP contribution in [0.4, 0.5) is 0 Å². The van der Waals surface area contributed by atoms with Crippen LogP contribution in [0.3, 0.4) is 0 Å².